The Morgan fingerprint density at radius 1 is 1.44 bits per heavy atom. The number of hydroxylamine groups is 2. The summed E-state index contributed by atoms with van der Waals surface area (Å²) in [7, 11) is 3.53. The first-order valence-electron chi connectivity index (χ1n) is 9.34. The van der Waals surface area contributed by atoms with E-state index >= 15 is 0 Å². The van der Waals surface area contributed by atoms with E-state index < -0.39 is 0 Å². The van der Waals surface area contributed by atoms with Gasteiger partial charge in [-0.2, -0.15) is 0 Å². The summed E-state index contributed by atoms with van der Waals surface area (Å²) in [5.41, 5.74) is 13.9. The van der Waals surface area contributed by atoms with Crippen molar-refractivity contribution in [1.82, 2.24) is 10.4 Å². The van der Waals surface area contributed by atoms with Crippen LogP contribution in [0.3, 0.4) is 0 Å². The highest BCUT2D eigenvalue weighted by Gasteiger charge is 2.18. The van der Waals surface area contributed by atoms with Crippen molar-refractivity contribution in [3.63, 3.8) is 0 Å². The molecule has 1 atom stereocenters. The van der Waals surface area contributed by atoms with E-state index in [1.807, 2.05) is 13.1 Å². The average Bonchev–Trinajstić information content (AvgIpc) is 3.03. The number of nitrogens with two attached hydrogens (primary N) is 2. The van der Waals surface area contributed by atoms with Gasteiger partial charge in [0.05, 0.1) is 6.54 Å². The predicted octanol–water partition coefficient (Wildman–Crippen LogP) is 2.82. The SMILES string of the molecule is CC1CCc2cc(CN(O)C=N)ccc21.CCC(C)(C)NC.CN=C(N)N. The van der Waals surface area contributed by atoms with Crippen molar-refractivity contribution < 1.29 is 5.21 Å². The van der Waals surface area contributed by atoms with E-state index in [2.05, 4.69) is 50.1 Å². The molecule has 7 N–H and O–H groups in total. The first kappa shape index (κ1) is 24.9. The Hall–Kier alpha value is -2.12. The largest absolute Gasteiger partial charge is 0.370 e. The molecule has 7 nitrogen and oxygen atoms in total. The fourth-order valence-electron chi connectivity index (χ4n) is 2.39. The molecule has 0 amide bonds. The maximum atomic E-state index is 9.20. The molecule has 0 aliphatic heterocycles. The summed E-state index contributed by atoms with van der Waals surface area (Å²) in [5, 5.41) is 20.2. The molecule has 0 saturated carbocycles. The smallest absolute Gasteiger partial charge is 0.185 e. The van der Waals surface area contributed by atoms with Gasteiger partial charge in [0.2, 0.25) is 0 Å². The number of hydrogen-bond acceptors (Lipinski definition) is 4. The Morgan fingerprint density at radius 2 is 2.04 bits per heavy atom. The Kier molecular flexibility index (Phi) is 11.3. The third-order valence-corrected chi connectivity index (χ3v) is 4.90. The van der Waals surface area contributed by atoms with Crippen molar-refractivity contribution in [3.05, 3.63) is 34.9 Å². The predicted molar refractivity (Wildman–Crippen MR) is 114 cm³/mol. The molecule has 7 heteroatoms. The zero-order valence-electron chi connectivity index (χ0n) is 17.7. The molecular formula is C20H38N6O. The number of fused-ring (bicyclic) bond motifs is 1. The number of nitrogens with one attached hydrogen (secondary N) is 2. The number of aryl methyl sites for hydroxylation is 1. The summed E-state index contributed by atoms with van der Waals surface area (Å²) in [6.45, 7) is 9.20. The van der Waals surface area contributed by atoms with E-state index in [1.54, 1.807) is 0 Å². The van der Waals surface area contributed by atoms with E-state index in [0.717, 1.165) is 23.4 Å². The summed E-state index contributed by atoms with van der Waals surface area (Å²) in [6, 6.07) is 6.33. The number of guanidine groups is 1. The van der Waals surface area contributed by atoms with Crippen molar-refractivity contribution >= 4 is 12.3 Å². The first-order chi connectivity index (χ1) is 12.6. The van der Waals surface area contributed by atoms with Crippen molar-refractivity contribution in [2.24, 2.45) is 16.5 Å². The number of hydrogen-bond donors (Lipinski definition) is 5. The van der Waals surface area contributed by atoms with Gasteiger partial charge >= 0.3 is 0 Å². The maximum absolute atomic E-state index is 9.20. The Balaban J connectivity index is 0.000000472. The highest BCUT2D eigenvalue weighted by atomic mass is 16.5. The van der Waals surface area contributed by atoms with Crippen molar-refractivity contribution in [2.45, 2.75) is 65.0 Å². The molecule has 1 aromatic rings. The van der Waals surface area contributed by atoms with Crippen molar-refractivity contribution in [3.8, 4) is 0 Å². The lowest BCUT2D eigenvalue weighted by Gasteiger charge is -2.20. The van der Waals surface area contributed by atoms with Crippen LogP contribution in [0.1, 0.15) is 63.1 Å². The molecule has 0 fully saturated rings. The van der Waals surface area contributed by atoms with E-state index in [9.17, 15) is 5.21 Å². The molecule has 1 unspecified atom stereocenters. The summed E-state index contributed by atoms with van der Waals surface area (Å²) in [4.78, 5) is 3.36. The molecule has 0 spiro atoms. The maximum Gasteiger partial charge on any atom is 0.185 e. The number of benzene rings is 1. The second-order valence-corrected chi connectivity index (χ2v) is 7.34. The van der Waals surface area contributed by atoms with Crippen LogP contribution < -0.4 is 16.8 Å². The van der Waals surface area contributed by atoms with E-state index in [4.69, 9.17) is 16.9 Å². The molecule has 1 aromatic carbocycles. The molecule has 1 aliphatic carbocycles. The van der Waals surface area contributed by atoms with Gasteiger partial charge in [0.15, 0.2) is 5.96 Å². The topological polar surface area (TPSA) is 124 Å². The van der Waals surface area contributed by atoms with E-state index in [0.29, 0.717) is 18.0 Å². The molecule has 27 heavy (non-hydrogen) atoms. The summed E-state index contributed by atoms with van der Waals surface area (Å²) in [6.07, 6.45) is 4.48. The van der Waals surface area contributed by atoms with Crippen LogP contribution in [0.4, 0.5) is 0 Å². The van der Waals surface area contributed by atoms with Crippen LogP contribution in [0.5, 0.6) is 0 Å². The van der Waals surface area contributed by atoms with Crippen LogP contribution in [-0.2, 0) is 13.0 Å². The zero-order chi connectivity index (χ0) is 21.0. The molecule has 0 saturated heterocycles. The van der Waals surface area contributed by atoms with Gasteiger partial charge in [-0.3, -0.25) is 15.6 Å². The number of aliphatic imine (C=N–C) groups is 1. The molecular weight excluding hydrogens is 340 g/mol. The molecule has 2 rings (SSSR count). The van der Waals surface area contributed by atoms with Gasteiger partial charge in [-0.05, 0) is 62.8 Å². The number of rotatable bonds is 5. The lowest BCUT2D eigenvalue weighted by atomic mass is 10.0. The standard InChI is InChI=1S/C12H16N2O.C6H15N.C2H7N3/c1-9-2-4-11-6-10(3-5-12(9)11)7-14(15)8-13;1-5-6(2,3)7-4;1-5-2(3)4/h3,5-6,8-9,13,15H,2,4,7H2,1H3;7H,5H2,1-4H3;1H3,(H4,3,4,5). The van der Waals surface area contributed by atoms with Gasteiger partial charge < -0.3 is 16.8 Å². The molecule has 0 bridgehead atoms. The van der Waals surface area contributed by atoms with Crippen molar-refractivity contribution in [2.75, 3.05) is 14.1 Å². The zero-order valence-corrected chi connectivity index (χ0v) is 17.7. The third kappa shape index (κ3) is 9.96. The van der Waals surface area contributed by atoms with Crippen molar-refractivity contribution in [1.29, 1.82) is 5.41 Å². The Bertz CT molecular complexity index is 590. The summed E-state index contributed by atoms with van der Waals surface area (Å²) < 4.78 is 0. The van der Waals surface area contributed by atoms with Gasteiger partial charge in [0.1, 0.15) is 6.34 Å². The number of nitrogens with zero attached hydrogens (tertiary/aromatic N) is 2. The lowest BCUT2D eigenvalue weighted by molar-refractivity contribution is -0.0173. The second kappa shape index (κ2) is 12.3. The lowest BCUT2D eigenvalue weighted by Crippen LogP contribution is -2.34. The summed E-state index contributed by atoms with van der Waals surface area (Å²) >= 11 is 0. The second-order valence-electron chi connectivity index (χ2n) is 7.34. The van der Waals surface area contributed by atoms with Gasteiger partial charge in [-0.25, -0.2) is 5.06 Å². The minimum atomic E-state index is 0.130. The van der Waals surface area contributed by atoms with Crippen LogP contribution in [0, 0.1) is 5.41 Å². The monoisotopic (exact) mass is 378 g/mol. The molecule has 154 valence electrons. The molecule has 0 heterocycles. The quantitative estimate of drug-likeness (QED) is 0.306. The van der Waals surface area contributed by atoms with Gasteiger partial charge in [0, 0.05) is 12.6 Å². The van der Waals surface area contributed by atoms with Gasteiger partial charge in [0.25, 0.3) is 0 Å². The van der Waals surface area contributed by atoms with Crippen LogP contribution in [0.25, 0.3) is 0 Å². The van der Waals surface area contributed by atoms with Crippen LogP contribution in [0.15, 0.2) is 23.2 Å². The summed E-state index contributed by atoms with van der Waals surface area (Å²) in [5.74, 6) is 0.798. The highest BCUT2D eigenvalue weighted by Crippen LogP contribution is 2.33. The Morgan fingerprint density at radius 3 is 2.44 bits per heavy atom. The van der Waals surface area contributed by atoms with Gasteiger partial charge in [-0.15, -0.1) is 0 Å². The van der Waals surface area contributed by atoms with Gasteiger partial charge in [-0.1, -0.05) is 32.0 Å². The van der Waals surface area contributed by atoms with Crippen LogP contribution >= 0.6 is 0 Å². The molecule has 0 aromatic heterocycles. The van der Waals surface area contributed by atoms with Crippen LogP contribution in [-0.4, -0.2) is 42.2 Å². The third-order valence-electron chi connectivity index (χ3n) is 4.90. The molecule has 1 aliphatic rings. The fraction of sp³-hybridized carbons (Fsp3) is 0.600. The van der Waals surface area contributed by atoms with E-state index in [-0.39, 0.29) is 5.96 Å². The fourth-order valence-corrected chi connectivity index (χ4v) is 2.39. The normalized spacial score (nSPS) is 14.7. The van der Waals surface area contributed by atoms with E-state index in [1.165, 1.54) is 31.0 Å². The highest BCUT2D eigenvalue weighted by molar-refractivity contribution is 5.75. The first-order valence-corrected chi connectivity index (χ1v) is 9.34. The minimum Gasteiger partial charge on any atom is -0.370 e. The minimum absolute atomic E-state index is 0.130. The van der Waals surface area contributed by atoms with Crippen LogP contribution in [0.2, 0.25) is 0 Å². The average molecular weight is 379 g/mol. The Labute approximate surface area is 164 Å². The molecule has 0 radical (unpaired) electrons.